The SMILES string of the molecule is Cc1ccc(CN2CCSCC2)cc1. The van der Waals surface area contributed by atoms with Gasteiger partial charge in [-0.15, -0.1) is 0 Å². The van der Waals surface area contributed by atoms with Crippen LogP contribution < -0.4 is 0 Å². The molecule has 0 saturated carbocycles. The minimum Gasteiger partial charge on any atom is -0.297 e. The van der Waals surface area contributed by atoms with Gasteiger partial charge in [0.25, 0.3) is 0 Å². The predicted molar refractivity (Wildman–Crippen MR) is 63.8 cm³/mol. The van der Waals surface area contributed by atoms with Crippen LogP contribution in [-0.2, 0) is 6.54 Å². The molecule has 0 radical (unpaired) electrons. The highest BCUT2D eigenvalue weighted by atomic mass is 32.2. The van der Waals surface area contributed by atoms with Crippen LogP contribution in [0, 0.1) is 6.92 Å². The lowest BCUT2D eigenvalue weighted by Crippen LogP contribution is -2.31. The maximum atomic E-state index is 2.54. The summed E-state index contributed by atoms with van der Waals surface area (Å²) in [5.41, 5.74) is 2.80. The number of aryl methyl sites for hydroxylation is 1. The molecule has 0 aromatic heterocycles. The molecule has 0 aliphatic carbocycles. The molecular weight excluding hydrogens is 190 g/mol. The Morgan fingerprint density at radius 1 is 1.14 bits per heavy atom. The molecule has 0 N–H and O–H groups in total. The quantitative estimate of drug-likeness (QED) is 0.733. The lowest BCUT2D eigenvalue weighted by molar-refractivity contribution is 0.294. The molecule has 76 valence electrons. The molecule has 1 aromatic carbocycles. The van der Waals surface area contributed by atoms with Crippen LogP contribution in [0.5, 0.6) is 0 Å². The second-order valence-corrected chi connectivity index (χ2v) is 5.10. The van der Waals surface area contributed by atoms with Gasteiger partial charge in [0, 0.05) is 31.1 Å². The minimum absolute atomic E-state index is 1.13. The van der Waals surface area contributed by atoms with Crippen LogP contribution in [0.2, 0.25) is 0 Å². The number of thioether (sulfide) groups is 1. The van der Waals surface area contributed by atoms with Gasteiger partial charge in [-0.25, -0.2) is 0 Å². The predicted octanol–water partition coefficient (Wildman–Crippen LogP) is 2.54. The Hall–Kier alpha value is -0.470. The summed E-state index contributed by atoms with van der Waals surface area (Å²) in [4.78, 5) is 2.54. The van der Waals surface area contributed by atoms with E-state index in [1.165, 1.54) is 35.7 Å². The van der Waals surface area contributed by atoms with Crippen molar-refractivity contribution >= 4 is 11.8 Å². The Balaban J connectivity index is 1.92. The second kappa shape index (κ2) is 4.85. The van der Waals surface area contributed by atoms with E-state index in [4.69, 9.17) is 0 Å². The van der Waals surface area contributed by atoms with Gasteiger partial charge in [-0.05, 0) is 12.5 Å². The monoisotopic (exact) mass is 207 g/mol. The summed E-state index contributed by atoms with van der Waals surface area (Å²) in [6.45, 7) is 5.76. The van der Waals surface area contributed by atoms with E-state index in [9.17, 15) is 0 Å². The van der Waals surface area contributed by atoms with Gasteiger partial charge in [-0.3, -0.25) is 4.90 Å². The van der Waals surface area contributed by atoms with E-state index in [0.717, 1.165) is 6.54 Å². The van der Waals surface area contributed by atoms with Gasteiger partial charge >= 0.3 is 0 Å². The Kier molecular flexibility index (Phi) is 3.49. The summed E-state index contributed by atoms with van der Waals surface area (Å²) in [5, 5.41) is 0. The van der Waals surface area contributed by atoms with Gasteiger partial charge < -0.3 is 0 Å². The van der Waals surface area contributed by atoms with Gasteiger partial charge in [-0.1, -0.05) is 29.8 Å². The fourth-order valence-electron chi connectivity index (χ4n) is 1.71. The summed E-state index contributed by atoms with van der Waals surface area (Å²) in [7, 11) is 0. The largest absolute Gasteiger partial charge is 0.297 e. The highest BCUT2D eigenvalue weighted by Crippen LogP contribution is 2.13. The molecule has 0 unspecified atom stereocenters. The Morgan fingerprint density at radius 2 is 1.79 bits per heavy atom. The van der Waals surface area contributed by atoms with E-state index < -0.39 is 0 Å². The maximum Gasteiger partial charge on any atom is 0.0234 e. The molecule has 2 rings (SSSR count). The third kappa shape index (κ3) is 2.76. The lowest BCUT2D eigenvalue weighted by Gasteiger charge is -2.26. The first-order valence-electron chi connectivity index (χ1n) is 5.20. The van der Waals surface area contributed by atoms with Crippen LogP contribution in [0.3, 0.4) is 0 Å². The maximum absolute atomic E-state index is 2.54. The van der Waals surface area contributed by atoms with Crippen LogP contribution in [0.4, 0.5) is 0 Å². The average Bonchev–Trinajstić information content (AvgIpc) is 2.23. The molecule has 1 aromatic rings. The molecule has 14 heavy (non-hydrogen) atoms. The van der Waals surface area contributed by atoms with Crippen LogP contribution in [0.15, 0.2) is 24.3 Å². The third-order valence-electron chi connectivity index (χ3n) is 2.63. The van der Waals surface area contributed by atoms with E-state index in [0.29, 0.717) is 0 Å². The smallest absolute Gasteiger partial charge is 0.0234 e. The first-order valence-corrected chi connectivity index (χ1v) is 6.36. The second-order valence-electron chi connectivity index (χ2n) is 3.87. The number of hydrogen-bond donors (Lipinski definition) is 0. The van der Waals surface area contributed by atoms with Crippen LogP contribution in [0.25, 0.3) is 0 Å². The molecule has 0 spiro atoms. The van der Waals surface area contributed by atoms with E-state index in [-0.39, 0.29) is 0 Å². The van der Waals surface area contributed by atoms with Crippen molar-refractivity contribution in [3.8, 4) is 0 Å². The van der Waals surface area contributed by atoms with Crippen LogP contribution in [-0.4, -0.2) is 29.5 Å². The molecule has 0 amide bonds. The van der Waals surface area contributed by atoms with Gasteiger partial charge in [-0.2, -0.15) is 11.8 Å². The molecule has 1 aliphatic rings. The first-order chi connectivity index (χ1) is 6.84. The van der Waals surface area contributed by atoms with Crippen molar-refractivity contribution in [2.75, 3.05) is 24.6 Å². The summed E-state index contributed by atoms with van der Waals surface area (Å²) in [6, 6.07) is 8.90. The average molecular weight is 207 g/mol. The van der Waals surface area contributed by atoms with Crippen LogP contribution >= 0.6 is 11.8 Å². The van der Waals surface area contributed by atoms with Crippen molar-refractivity contribution in [3.05, 3.63) is 35.4 Å². The number of nitrogens with zero attached hydrogens (tertiary/aromatic N) is 1. The van der Waals surface area contributed by atoms with E-state index in [1.54, 1.807) is 0 Å². The fourth-order valence-corrected chi connectivity index (χ4v) is 2.69. The molecular formula is C12H17NS. The zero-order valence-electron chi connectivity index (χ0n) is 8.70. The summed E-state index contributed by atoms with van der Waals surface area (Å²) in [5.74, 6) is 2.59. The molecule has 1 saturated heterocycles. The molecule has 1 nitrogen and oxygen atoms in total. The number of benzene rings is 1. The lowest BCUT2D eigenvalue weighted by atomic mass is 10.1. The minimum atomic E-state index is 1.13. The van der Waals surface area contributed by atoms with Crippen LogP contribution in [0.1, 0.15) is 11.1 Å². The van der Waals surface area contributed by atoms with E-state index in [2.05, 4.69) is 47.9 Å². The molecule has 1 aliphatic heterocycles. The normalized spacial score (nSPS) is 18.4. The molecule has 0 bridgehead atoms. The van der Waals surface area contributed by atoms with Crippen molar-refractivity contribution in [1.29, 1.82) is 0 Å². The first kappa shape index (κ1) is 10.1. The highest BCUT2D eigenvalue weighted by molar-refractivity contribution is 7.99. The molecule has 1 heterocycles. The van der Waals surface area contributed by atoms with Gasteiger partial charge in [0.05, 0.1) is 0 Å². The topological polar surface area (TPSA) is 3.24 Å². The van der Waals surface area contributed by atoms with Crippen molar-refractivity contribution in [3.63, 3.8) is 0 Å². The number of hydrogen-bond acceptors (Lipinski definition) is 2. The zero-order valence-corrected chi connectivity index (χ0v) is 9.52. The Bertz CT molecular complexity index is 275. The molecule has 0 atom stereocenters. The summed E-state index contributed by atoms with van der Waals surface area (Å²) in [6.07, 6.45) is 0. The summed E-state index contributed by atoms with van der Waals surface area (Å²) >= 11 is 2.07. The third-order valence-corrected chi connectivity index (χ3v) is 3.57. The molecule has 1 fully saturated rings. The summed E-state index contributed by atoms with van der Waals surface area (Å²) < 4.78 is 0. The fraction of sp³-hybridized carbons (Fsp3) is 0.500. The van der Waals surface area contributed by atoms with Crippen molar-refractivity contribution in [2.45, 2.75) is 13.5 Å². The van der Waals surface area contributed by atoms with Gasteiger partial charge in [0.15, 0.2) is 0 Å². The van der Waals surface area contributed by atoms with Gasteiger partial charge in [0.2, 0.25) is 0 Å². The van der Waals surface area contributed by atoms with Gasteiger partial charge in [0.1, 0.15) is 0 Å². The standard InChI is InChI=1S/C12H17NS/c1-11-2-4-12(5-3-11)10-13-6-8-14-9-7-13/h2-5H,6-10H2,1H3. The Labute approximate surface area is 90.5 Å². The zero-order chi connectivity index (χ0) is 9.80. The van der Waals surface area contributed by atoms with E-state index in [1.807, 2.05) is 0 Å². The van der Waals surface area contributed by atoms with E-state index >= 15 is 0 Å². The van der Waals surface area contributed by atoms with Crippen molar-refractivity contribution in [2.24, 2.45) is 0 Å². The highest BCUT2D eigenvalue weighted by Gasteiger charge is 2.09. The van der Waals surface area contributed by atoms with Crippen molar-refractivity contribution in [1.82, 2.24) is 4.90 Å². The molecule has 2 heteroatoms. The Morgan fingerprint density at radius 3 is 2.43 bits per heavy atom. The van der Waals surface area contributed by atoms with Crippen molar-refractivity contribution < 1.29 is 0 Å². The number of rotatable bonds is 2.